The molecule has 2 aromatic rings. The van der Waals surface area contributed by atoms with E-state index in [4.69, 9.17) is 23.2 Å². The van der Waals surface area contributed by atoms with Gasteiger partial charge in [-0.05, 0) is 42.5 Å². The highest BCUT2D eigenvalue weighted by Crippen LogP contribution is 2.22. The lowest BCUT2D eigenvalue weighted by atomic mass is 10.2. The average molecular weight is 358 g/mol. The summed E-state index contributed by atoms with van der Waals surface area (Å²) in [7, 11) is -3.26. The van der Waals surface area contributed by atoms with Gasteiger partial charge >= 0.3 is 0 Å². The van der Waals surface area contributed by atoms with Crippen LogP contribution >= 0.6 is 23.2 Å². The SMILES string of the molecule is CCS(=O)(=O)c1ccc(NC(=O)c2cc(Cl)ccc2Cl)cc1. The van der Waals surface area contributed by atoms with E-state index >= 15 is 0 Å². The third-order valence-corrected chi connectivity index (χ3v) is 5.34. The number of hydrogen-bond donors (Lipinski definition) is 1. The highest BCUT2D eigenvalue weighted by atomic mass is 35.5. The summed E-state index contributed by atoms with van der Waals surface area (Å²) in [6, 6.07) is 10.6. The van der Waals surface area contributed by atoms with E-state index in [0.717, 1.165) is 0 Å². The molecule has 0 aromatic heterocycles. The maximum Gasteiger partial charge on any atom is 0.257 e. The average Bonchev–Trinajstić information content (AvgIpc) is 2.50. The Morgan fingerprint density at radius 2 is 1.73 bits per heavy atom. The number of nitrogens with one attached hydrogen (secondary N) is 1. The van der Waals surface area contributed by atoms with Crippen molar-refractivity contribution in [2.45, 2.75) is 11.8 Å². The van der Waals surface area contributed by atoms with Gasteiger partial charge in [0.15, 0.2) is 9.84 Å². The van der Waals surface area contributed by atoms with E-state index in [1.165, 1.54) is 36.4 Å². The first-order valence-electron chi connectivity index (χ1n) is 6.42. The Morgan fingerprint density at radius 3 is 2.32 bits per heavy atom. The summed E-state index contributed by atoms with van der Waals surface area (Å²) in [6.07, 6.45) is 0. The Labute approximate surface area is 139 Å². The molecule has 116 valence electrons. The van der Waals surface area contributed by atoms with Gasteiger partial charge in [0.25, 0.3) is 5.91 Å². The van der Waals surface area contributed by atoms with Gasteiger partial charge in [-0.25, -0.2) is 8.42 Å². The zero-order chi connectivity index (χ0) is 16.3. The van der Waals surface area contributed by atoms with Crippen LogP contribution in [0.5, 0.6) is 0 Å². The van der Waals surface area contributed by atoms with E-state index in [1.54, 1.807) is 13.0 Å². The van der Waals surface area contributed by atoms with Crippen molar-refractivity contribution in [1.29, 1.82) is 0 Å². The third kappa shape index (κ3) is 3.80. The minimum Gasteiger partial charge on any atom is -0.322 e. The Bertz CT molecular complexity index is 802. The van der Waals surface area contributed by atoms with Crippen molar-refractivity contribution in [2.75, 3.05) is 11.1 Å². The number of rotatable bonds is 4. The first-order chi connectivity index (χ1) is 10.3. The summed E-state index contributed by atoms with van der Waals surface area (Å²) in [6.45, 7) is 1.58. The number of halogens is 2. The van der Waals surface area contributed by atoms with Gasteiger partial charge in [-0.15, -0.1) is 0 Å². The van der Waals surface area contributed by atoms with Crippen LogP contribution in [0.15, 0.2) is 47.4 Å². The molecule has 0 fully saturated rings. The van der Waals surface area contributed by atoms with Crippen molar-refractivity contribution in [3.8, 4) is 0 Å². The smallest absolute Gasteiger partial charge is 0.257 e. The van der Waals surface area contributed by atoms with Crippen LogP contribution in [0.25, 0.3) is 0 Å². The molecule has 0 heterocycles. The van der Waals surface area contributed by atoms with Crippen LogP contribution in [-0.4, -0.2) is 20.1 Å². The number of carbonyl (C=O) groups is 1. The molecule has 0 unspecified atom stereocenters. The first kappa shape index (κ1) is 16.8. The zero-order valence-electron chi connectivity index (χ0n) is 11.6. The first-order valence-corrected chi connectivity index (χ1v) is 8.83. The number of anilines is 1. The van der Waals surface area contributed by atoms with Gasteiger partial charge in [-0.3, -0.25) is 4.79 Å². The molecule has 0 saturated heterocycles. The van der Waals surface area contributed by atoms with Crippen LogP contribution in [0.1, 0.15) is 17.3 Å². The monoisotopic (exact) mass is 357 g/mol. The molecule has 0 bridgehead atoms. The van der Waals surface area contributed by atoms with Crippen LogP contribution in [-0.2, 0) is 9.84 Å². The number of carbonyl (C=O) groups excluding carboxylic acids is 1. The standard InChI is InChI=1S/C15H13Cl2NO3S/c1-2-22(20,21)12-6-4-11(5-7-12)18-15(19)13-9-10(16)3-8-14(13)17/h3-9H,2H2,1H3,(H,18,19). The maximum atomic E-state index is 12.2. The van der Waals surface area contributed by atoms with E-state index in [-0.39, 0.29) is 21.2 Å². The maximum absolute atomic E-state index is 12.2. The molecule has 2 aromatic carbocycles. The molecular formula is C15H13Cl2NO3S. The van der Waals surface area contributed by atoms with Gasteiger partial charge < -0.3 is 5.32 Å². The normalized spacial score (nSPS) is 11.2. The summed E-state index contributed by atoms with van der Waals surface area (Å²) in [5.41, 5.74) is 0.718. The van der Waals surface area contributed by atoms with Gasteiger partial charge in [0.05, 0.1) is 21.2 Å². The fraction of sp³-hybridized carbons (Fsp3) is 0.133. The molecule has 22 heavy (non-hydrogen) atoms. The predicted octanol–water partition coefficient (Wildman–Crippen LogP) is 4.04. The Kier molecular flexibility index (Phi) is 5.11. The number of benzene rings is 2. The molecule has 0 atom stereocenters. The van der Waals surface area contributed by atoms with E-state index in [0.29, 0.717) is 10.7 Å². The summed E-state index contributed by atoms with van der Waals surface area (Å²) >= 11 is 11.8. The van der Waals surface area contributed by atoms with Gasteiger partial charge in [-0.2, -0.15) is 0 Å². The Balaban J connectivity index is 2.21. The molecule has 0 aliphatic heterocycles. The van der Waals surface area contributed by atoms with Gasteiger partial charge in [0.1, 0.15) is 0 Å². The van der Waals surface area contributed by atoms with Crippen LogP contribution in [0.2, 0.25) is 10.0 Å². The predicted molar refractivity (Wildman–Crippen MR) is 88.6 cm³/mol. The number of sulfone groups is 1. The molecule has 0 aliphatic rings. The van der Waals surface area contributed by atoms with Crippen LogP contribution in [0.4, 0.5) is 5.69 Å². The highest BCUT2D eigenvalue weighted by Gasteiger charge is 2.13. The van der Waals surface area contributed by atoms with Crippen molar-refractivity contribution in [3.05, 3.63) is 58.1 Å². The lowest BCUT2D eigenvalue weighted by Gasteiger charge is -2.08. The van der Waals surface area contributed by atoms with Crippen molar-refractivity contribution < 1.29 is 13.2 Å². The summed E-state index contributed by atoms with van der Waals surface area (Å²) in [4.78, 5) is 12.4. The topological polar surface area (TPSA) is 63.2 Å². The minimum atomic E-state index is -3.26. The van der Waals surface area contributed by atoms with Gasteiger partial charge in [-0.1, -0.05) is 30.1 Å². The van der Waals surface area contributed by atoms with Crippen LogP contribution < -0.4 is 5.32 Å². The quantitative estimate of drug-likeness (QED) is 0.897. The van der Waals surface area contributed by atoms with E-state index < -0.39 is 15.7 Å². The van der Waals surface area contributed by atoms with Gasteiger partial charge in [0, 0.05) is 10.7 Å². The van der Waals surface area contributed by atoms with Crippen molar-refractivity contribution in [3.63, 3.8) is 0 Å². The Morgan fingerprint density at radius 1 is 1.09 bits per heavy atom. The fourth-order valence-corrected chi connectivity index (χ4v) is 3.04. The molecular weight excluding hydrogens is 345 g/mol. The van der Waals surface area contributed by atoms with E-state index in [1.807, 2.05) is 0 Å². The summed E-state index contributed by atoms with van der Waals surface area (Å²) < 4.78 is 23.4. The minimum absolute atomic E-state index is 0.0246. The third-order valence-electron chi connectivity index (χ3n) is 3.02. The second-order valence-corrected chi connectivity index (χ2v) is 7.63. The second kappa shape index (κ2) is 6.69. The van der Waals surface area contributed by atoms with Crippen molar-refractivity contribution >= 4 is 44.6 Å². The van der Waals surface area contributed by atoms with Crippen molar-refractivity contribution in [1.82, 2.24) is 0 Å². The molecule has 1 amide bonds. The molecule has 0 radical (unpaired) electrons. The lowest BCUT2D eigenvalue weighted by Crippen LogP contribution is -2.12. The molecule has 7 heteroatoms. The fourth-order valence-electron chi connectivity index (χ4n) is 1.78. The number of amides is 1. The number of hydrogen-bond acceptors (Lipinski definition) is 3. The second-order valence-electron chi connectivity index (χ2n) is 4.51. The molecule has 4 nitrogen and oxygen atoms in total. The van der Waals surface area contributed by atoms with Crippen LogP contribution in [0, 0.1) is 0 Å². The van der Waals surface area contributed by atoms with E-state index in [2.05, 4.69) is 5.32 Å². The van der Waals surface area contributed by atoms with Crippen molar-refractivity contribution in [2.24, 2.45) is 0 Å². The van der Waals surface area contributed by atoms with E-state index in [9.17, 15) is 13.2 Å². The molecule has 2 rings (SSSR count). The molecule has 0 saturated carbocycles. The summed E-state index contributed by atoms with van der Waals surface area (Å²) in [5.74, 6) is -0.393. The zero-order valence-corrected chi connectivity index (χ0v) is 14.0. The molecule has 0 spiro atoms. The molecule has 0 aliphatic carbocycles. The highest BCUT2D eigenvalue weighted by molar-refractivity contribution is 7.91. The van der Waals surface area contributed by atoms with Crippen LogP contribution in [0.3, 0.4) is 0 Å². The Hall–Kier alpha value is -1.56. The largest absolute Gasteiger partial charge is 0.322 e. The lowest BCUT2D eigenvalue weighted by molar-refractivity contribution is 0.102. The summed E-state index contributed by atoms with van der Waals surface area (Å²) in [5, 5.41) is 3.33. The molecule has 1 N–H and O–H groups in total. The van der Waals surface area contributed by atoms with Gasteiger partial charge in [0.2, 0.25) is 0 Å².